The number of hydrogen-bond acceptors (Lipinski definition) is 3. The molecule has 0 spiro atoms. The molecule has 3 aromatic carbocycles. The van der Waals surface area contributed by atoms with Gasteiger partial charge in [-0.1, -0.05) is 55.0 Å². The van der Waals surface area contributed by atoms with Crippen LogP contribution in [0, 0.1) is 12.8 Å². The SMILES string of the molecule is Cc1cc(CN2CCC(CCCc3ccccc3)CC2)cc2cn(Cc3ccc(OC(F)(F)F)cc3)c(O)c12. The number of ether oxygens (including phenoxy) is 1. The number of alkyl halides is 3. The van der Waals surface area contributed by atoms with Crippen molar-refractivity contribution in [2.45, 2.75) is 58.5 Å². The summed E-state index contributed by atoms with van der Waals surface area (Å²) in [6.45, 7) is 5.46. The molecule has 1 aliphatic rings. The summed E-state index contributed by atoms with van der Waals surface area (Å²) in [5.41, 5.74) is 4.44. The lowest BCUT2D eigenvalue weighted by Gasteiger charge is -2.32. The standard InChI is InChI=1S/C32H35F3N2O2/c1-23-18-27(20-36-16-14-25(15-17-36)9-5-8-24-6-3-2-4-7-24)19-28-22-37(31(38)30(23)28)21-26-10-12-29(13-11-26)39-32(33,34)35/h2-4,6-7,10-13,18-19,22,25,38H,5,8-9,14-17,20-21H2,1H3. The zero-order valence-electron chi connectivity index (χ0n) is 22.3. The van der Waals surface area contributed by atoms with Crippen LogP contribution in [0.25, 0.3) is 10.8 Å². The largest absolute Gasteiger partial charge is 0.573 e. The molecule has 1 saturated heterocycles. The van der Waals surface area contributed by atoms with E-state index >= 15 is 0 Å². The van der Waals surface area contributed by atoms with E-state index in [-0.39, 0.29) is 11.6 Å². The zero-order chi connectivity index (χ0) is 27.4. The molecule has 0 saturated carbocycles. The molecule has 4 nitrogen and oxygen atoms in total. The summed E-state index contributed by atoms with van der Waals surface area (Å²) >= 11 is 0. The lowest BCUT2D eigenvalue weighted by atomic mass is 9.90. The first kappa shape index (κ1) is 27.1. The molecule has 1 aromatic heterocycles. The average molecular weight is 537 g/mol. The van der Waals surface area contributed by atoms with Gasteiger partial charge in [-0.25, -0.2) is 0 Å². The molecule has 0 unspecified atom stereocenters. The normalized spacial score (nSPS) is 15.2. The summed E-state index contributed by atoms with van der Waals surface area (Å²) in [5.74, 6) is 0.708. The molecule has 4 aromatic rings. The minimum Gasteiger partial charge on any atom is -0.494 e. The van der Waals surface area contributed by atoms with Crippen LogP contribution in [0.3, 0.4) is 0 Å². The summed E-state index contributed by atoms with van der Waals surface area (Å²) in [6, 6.07) is 20.8. The summed E-state index contributed by atoms with van der Waals surface area (Å²) in [4.78, 5) is 2.52. The predicted molar refractivity (Wildman–Crippen MR) is 148 cm³/mol. The molecule has 206 valence electrons. The molecule has 1 aliphatic heterocycles. The monoisotopic (exact) mass is 536 g/mol. The van der Waals surface area contributed by atoms with Gasteiger partial charge in [-0.3, -0.25) is 4.90 Å². The van der Waals surface area contributed by atoms with E-state index in [4.69, 9.17) is 0 Å². The minimum absolute atomic E-state index is 0.168. The number of hydrogen-bond donors (Lipinski definition) is 1. The van der Waals surface area contributed by atoms with Crippen LogP contribution in [0.1, 0.15) is 47.9 Å². The van der Waals surface area contributed by atoms with Gasteiger partial charge in [0.2, 0.25) is 0 Å². The number of fused-ring (bicyclic) bond motifs is 1. The molecule has 7 heteroatoms. The third kappa shape index (κ3) is 7.15. The molecule has 0 aliphatic carbocycles. The van der Waals surface area contributed by atoms with Crippen molar-refractivity contribution in [3.8, 4) is 11.6 Å². The molecule has 1 N–H and O–H groups in total. The highest BCUT2D eigenvalue weighted by atomic mass is 19.4. The van der Waals surface area contributed by atoms with Crippen molar-refractivity contribution in [1.82, 2.24) is 9.47 Å². The Morgan fingerprint density at radius 1 is 0.897 bits per heavy atom. The van der Waals surface area contributed by atoms with Crippen molar-refractivity contribution in [3.63, 3.8) is 0 Å². The Morgan fingerprint density at radius 3 is 2.31 bits per heavy atom. The maximum Gasteiger partial charge on any atom is 0.573 e. The van der Waals surface area contributed by atoms with Gasteiger partial charge < -0.3 is 14.4 Å². The first-order chi connectivity index (χ1) is 18.7. The number of nitrogens with zero attached hydrogens (tertiary/aromatic N) is 2. The molecular formula is C32H35F3N2O2. The van der Waals surface area contributed by atoms with Crippen molar-refractivity contribution in [3.05, 3.63) is 95.2 Å². The number of likely N-dealkylation sites (tertiary alicyclic amines) is 1. The fourth-order valence-corrected chi connectivity index (χ4v) is 5.81. The van der Waals surface area contributed by atoms with E-state index in [1.165, 1.54) is 48.9 Å². The molecule has 5 rings (SSSR count). The number of aromatic hydroxyl groups is 1. The van der Waals surface area contributed by atoms with E-state index in [0.29, 0.717) is 6.54 Å². The highest BCUT2D eigenvalue weighted by molar-refractivity contribution is 5.91. The number of aryl methyl sites for hydroxylation is 2. The Hall–Kier alpha value is -3.45. The minimum atomic E-state index is -4.72. The Bertz CT molecular complexity index is 1370. The fourth-order valence-electron chi connectivity index (χ4n) is 5.81. The van der Waals surface area contributed by atoms with E-state index in [1.54, 1.807) is 16.7 Å². The van der Waals surface area contributed by atoms with Crippen LogP contribution in [0.2, 0.25) is 0 Å². The first-order valence-corrected chi connectivity index (χ1v) is 13.7. The Kier molecular flexibility index (Phi) is 8.17. The van der Waals surface area contributed by atoms with E-state index in [1.807, 2.05) is 13.1 Å². The Morgan fingerprint density at radius 2 is 1.62 bits per heavy atom. The van der Waals surface area contributed by atoms with Gasteiger partial charge in [0.1, 0.15) is 5.75 Å². The summed E-state index contributed by atoms with van der Waals surface area (Å²) in [6.07, 6.45) is 3.37. The van der Waals surface area contributed by atoms with E-state index in [9.17, 15) is 18.3 Å². The fraction of sp³-hybridized carbons (Fsp3) is 0.375. The number of piperidine rings is 1. The number of rotatable bonds is 9. The maximum absolute atomic E-state index is 12.4. The molecule has 0 atom stereocenters. The second-order valence-electron chi connectivity index (χ2n) is 10.7. The summed E-state index contributed by atoms with van der Waals surface area (Å²) in [5, 5.41) is 12.7. The first-order valence-electron chi connectivity index (χ1n) is 13.7. The van der Waals surface area contributed by atoms with Crippen molar-refractivity contribution in [2.75, 3.05) is 13.1 Å². The summed E-state index contributed by atoms with van der Waals surface area (Å²) < 4.78 is 43.0. The molecule has 0 radical (unpaired) electrons. The van der Waals surface area contributed by atoms with Crippen LogP contribution in [0.4, 0.5) is 13.2 Å². The Balaban J connectivity index is 1.17. The van der Waals surface area contributed by atoms with Crippen molar-refractivity contribution < 1.29 is 23.0 Å². The summed E-state index contributed by atoms with van der Waals surface area (Å²) in [7, 11) is 0. The number of benzene rings is 3. The predicted octanol–water partition coefficient (Wildman–Crippen LogP) is 7.84. The topological polar surface area (TPSA) is 37.6 Å². The van der Waals surface area contributed by atoms with Gasteiger partial charge in [-0.2, -0.15) is 0 Å². The second kappa shape index (κ2) is 11.7. The van der Waals surface area contributed by atoms with Crippen molar-refractivity contribution >= 4 is 10.8 Å². The molecule has 39 heavy (non-hydrogen) atoms. The van der Waals surface area contributed by atoms with Gasteiger partial charge in [0.25, 0.3) is 0 Å². The van der Waals surface area contributed by atoms with Crippen LogP contribution < -0.4 is 4.74 Å². The van der Waals surface area contributed by atoms with Crippen molar-refractivity contribution in [1.29, 1.82) is 0 Å². The van der Waals surface area contributed by atoms with Gasteiger partial charge in [-0.15, -0.1) is 13.2 Å². The van der Waals surface area contributed by atoms with Crippen LogP contribution in [0.5, 0.6) is 11.6 Å². The third-order valence-electron chi connectivity index (χ3n) is 7.76. The van der Waals surface area contributed by atoms with Crippen LogP contribution in [-0.4, -0.2) is 34.0 Å². The lowest BCUT2D eigenvalue weighted by molar-refractivity contribution is -0.274. The van der Waals surface area contributed by atoms with E-state index < -0.39 is 6.36 Å². The number of aromatic nitrogens is 1. The number of halogens is 3. The second-order valence-corrected chi connectivity index (χ2v) is 10.7. The van der Waals surface area contributed by atoms with Crippen LogP contribution >= 0.6 is 0 Å². The highest BCUT2D eigenvalue weighted by Crippen LogP contribution is 2.33. The quantitative estimate of drug-likeness (QED) is 0.237. The molecular weight excluding hydrogens is 501 g/mol. The third-order valence-corrected chi connectivity index (χ3v) is 7.76. The van der Waals surface area contributed by atoms with Crippen LogP contribution in [0.15, 0.2) is 72.9 Å². The molecule has 2 heterocycles. The smallest absolute Gasteiger partial charge is 0.494 e. The Labute approximate surface area is 227 Å². The molecule has 0 bridgehead atoms. The zero-order valence-corrected chi connectivity index (χ0v) is 22.3. The van der Waals surface area contributed by atoms with Gasteiger partial charge in [0.05, 0.1) is 6.54 Å². The highest BCUT2D eigenvalue weighted by Gasteiger charge is 2.31. The molecule has 1 fully saturated rings. The van der Waals surface area contributed by atoms with Gasteiger partial charge >= 0.3 is 6.36 Å². The maximum atomic E-state index is 12.4. The lowest BCUT2D eigenvalue weighted by Crippen LogP contribution is -2.33. The van der Waals surface area contributed by atoms with Crippen molar-refractivity contribution in [2.24, 2.45) is 5.92 Å². The molecule has 0 amide bonds. The van der Waals surface area contributed by atoms with Gasteiger partial charge in [-0.05, 0) is 92.1 Å². The van der Waals surface area contributed by atoms with E-state index in [0.717, 1.165) is 53.9 Å². The average Bonchev–Trinajstić information content (AvgIpc) is 3.21. The van der Waals surface area contributed by atoms with Gasteiger partial charge in [0.15, 0.2) is 5.88 Å². The van der Waals surface area contributed by atoms with E-state index in [2.05, 4.69) is 52.1 Å². The van der Waals surface area contributed by atoms with Crippen LogP contribution in [-0.2, 0) is 19.5 Å². The van der Waals surface area contributed by atoms with Gasteiger partial charge in [0, 0.05) is 23.5 Å².